The molecule has 0 rings (SSSR count). The highest BCUT2D eigenvalue weighted by Crippen LogP contribution is 2.16. The Bertz CT molecular complexity index is 147. The van der Waals surface area contributed by atoms with E-state index in [0.29, 0.717) is 5.92 Å². The third-order valence-electron chi connectivity index (χ3n) is 2.35. The van der Waals surface area contributed by atoms with Gasteiger partial charge in [-0.2, -0.15) is 0 Å². The maximum absolute atomic E-state index is 10.2. The van der Waals surface area contributed by atoms with Gasteiger partial charge >= 0.3 is 0 Å². The van der Waals surface area contributed by atoms with Gasteiger partial charge in [0.25, 0.3) is 0 Å². The number of carbonyl (C=O) groups excluding carboxylic acids is 1. The van der Waals surface area contributed by atoms with Crippen molar-refractivity contribution in [2.45, 2.75) is 46.5 Å². The minimum absolute atomic E-state index is 0.571. The molecule has 0 bridgehead atoms. The maximum atomic E-state index is 10.2. The number of hydrogen-bond donors (Lipinski definition) is 0. The van der Waals surface area contributed by atoms with Crippen LogP contribution in [0, 0.1) is 5.92 Å². The van der Waals surface area contributed by atoms with E-state index < -0.39 is 0 Å². The summed E-state index contributed by atoms with van der Waals surface area (Å²) >= 11 is 0. The highest BCUT2D eigenvalue weighted by molar-refractivity contribution is 5.66. The van der Waals surface area contributed by atoms with E-state index in [4.69, 9.17) is 0 Å². The van der Waals surface area contributed by atoms with Crippen LogP contribution < -0.4 is 0 Å². The van der Waals surface area contributed by atoms with Crippen molar-refractivity contribution in [2.24, 2.45) is 5.92 Å². The standard InChI is InChI=1S/C11H20O/c1-4-5-6-7-10(2)11(3)8-9-12/h8-10H,4-7H2,1-3H3. The first kappa shape index (κ1) is 11.4. The molecular weight excluding hydrogens is 148 g/mol. The van der Waals surface area contributed by atoms with Gasteiger partial charge in [0.1, 0.15) is 6.29 Å². The molecule has 0 amide bonds. The van der Waals surface area contributed by atoms with Crippen molar-refractivity contribution in [1.82, 2.24) is 0 Å². The summed E-state index contributed by atoms with van der Waals surface area (Å²) in [5.74, 6) is 0.571. The zero-order valence-corrected chi connectivity index (χ0v) is 8.47. The average molecular weight is 168 g/mol. The van der Waals surface area contributed by atoms with Crippen molar-refractivity contribution in [2.75, 3.05) is 0 Å². The third kappa shape index (κ3) is 5.11. The molecule has 0 N–H and O–H groups in total. The van der Waals surface area contributed by atoms with Crippen LogP contribution in [-0.4, -0.2) is 6.29 Å². The molecule has 1 nitrogen and oxygen atoms in total. The number of allylic oxidation sites excluding steroid dienone is 2. The van der Waals surface area contributed by atoms with Gasteiger partial charge in [-0.1, -0.05) is 38.7 Å². The fourth-order valence-corrected chi connectivity index (χ4v) is 1.20. The molecule has 1 atom stereocenters. The number of unbranched alkanes of at least 4 members (excludes halogenated alkanes) is 2. The molecule has 1 unspecified atom stereocenters. The highest BCUT2D eigenvalue weighted by atomic mass is 16.1. The lowest BCUT2D eigenvalue weighted by atomic mass is 9.96. The number of rotatable bonds is 6. The summed E-state index contributed by atoms with van der Waals surface area (Å²) in [5.41, 5.74) is 1.21. The quantitative estimate of drug-likeness (QED) is 0.338. The van der Waals surface area contributed by atoms with Gasteiger partial charge in [0, 0.05) is 0 Å². The molecule has 0 fully saturated rings. The highest BCUT2D eigenvalue weighted by Gasteiger charge is 2.02. The summed E-state index contributed by atoms with van der Waals surface area (Å²) in [7, 11) is 0. The van der Waals surface area contributed by atoms with Crippen molar-refractivity contribution in [1.29, 1.82) is 0 Å². The van der Waals surface area contributed by atoms with Gasteiger partial charge in [-0.25, -0.2) is 0 Å². The van der Waals surface area contributed by atoms with Crippen LogP contribution in [0.5, 0.6) is 0 Å². The number of aldehydes is 1. The molecule has 0 saturated carbocycles. The molecule has 0 radical (unpaired) electrons. The molecular formula is C11H20O. The maximum Gasteiger partial charge on any atom is 0.142 e. The minimum atomic E-state index is 0.571. The van der Waals surface area contributed by atoms with E-state index in [1.54, 1.807) is 6.08 Å². The summed E-state index contributed by atoms with van der Waals surface area (Å²) in [6, 6.07) is 0. The van der Waals surface area contributed by atoms with Gasteiger partial charge in [0.05, 0.1) is 0 Å². The lowest BCUT2D eigenvalue weighted by Crippen LogP contribution is -1.96. The van der Waals surface area contributed by atoms with Gasteiger partial charge in [-0.3, -0.25) is 4.79 Å². The van der Waals surface area contributed by atoms with Gasteiger partial charge < -0.3 is 0 Å². The first-order chi connectivity index (χ1) is 5.72. The largest absolute Gasteiger partial charge is 0.299 e. The average Bonchev–Trinajstić information content (AvgIpc) is 2.05. The smallest absolute Gasteiger partial charge is 0.142 e. The molecule has 0 heterocycles. The van der Waals surface area contributed by atoms with Crippen molar-refractivity contribution in [3.63, 3.8) is 0 Å². The molecule has 0 spiro atoms. The van der Waals surface area contributed by atoms with Gasteiger partial charge in [-0.15, -0.1) is 0 Å². The molecule has 1 heteroatoms. The van der Waals surface area contributed by atoms with Gasteiger partial charge in [0.15, 0.2) is 0 Å². The normalized spacial score (nSPS) is 14.4. The Morgan fingerprint density at radius 1 is 1.42 bits per heavy atom. The van der Waals surface area contributed by atoms with E-state index in [1.165, 1.54) is 31.3 Å². The van der Waals surface area contributed by atoms with Crippen molar-refractivity contribution >= 4 is 6.29 Å². The first-order valence-corrected chi connectivity index (χ1v) is 4.84. The zero-order valence-electron chi connectivity index (χ0n) is 8.47. The molecule has 0 aliphatic rings. The molecule has 0 aliphatic carbocycles. The van der Waals surface area contributed by atoms with E-state index in [1.807, 2.05) is 6.92 Å². The fraction of sp³-hybridized carbons (Fsp3) is 0.727. The Morgan fingerprint density at radius 3 is 2.58 bits per heavy atom. The predicted octanol–water partition coefficient (Wildman–Crippen LogP) is 3.35. The minimum Gasteiger partial charge on any atom is -0.299 e. The van der Waals surface area contributed by atoms with Crippen LogP contribution >= 0.6 is 0 Å². The topological polar surface area (TPSA) is 17.1 Å². The first-order valence-electron chi connectivity index (χ1n) is 4.84. The van der Waals surface area contributed by atoms with Crippen LogP contribution in [0.2, 0.25) is 0 Å². The number of carbonyl (C=O) groups is 1. The molecule has 0 aromatic heterocycles. The lowest BCUT2D eigenvalue weighted by Gasteiger charge is -2.10. The Labute approximate surface area is 75.9 Å². The van der Waals surface area contributed by atoms with Crippen molar-refractivity contribution in [3.05, 3.63) is 11.6 Å². The van der Waals surface area contributed by atoms with E-state index in [0.717, 1.165) is 6.29 Å². The van der Waals surface area contributed by atoms with E-state index >= 15 is 0 Å². The zero-order chi connectivity index (χ0) is 9.40. The Kier molecular flexibility index (Phi) is 6.73. The summed E-state index contributed by atoms with van der Waals surface area (Å²) < 4.78 is 0. The van der Waals surface area contributed by atoms with Crippen LogP contribution in [0.3, 0.4) is 0 Å². The summed E-state index contributed by atoms with van der Waals surface area (Å²) in [5, 5.41) is 0. The number of hydrogen-bond acceptors (Lipinski definition) is 1. The SMILES string of the molecule is CCCCCC(C)C(C)=CC=O. The second-order valence-corrected chi connectivity index (χ2v) is 3.44. The lowest BCUT2D eigenvalue weighted by molar-refractivity contribution is -0.104. The molecule has 0 aromatic carbocycles. The molecule has 70 valence electrons. The molecule has 0 aromatic rings. The predicted molar refractivity (Wildman–Crippen MR) is 53.1 cm³/mol. The summed E-state index contributed by atoms with van der Waals surface area (Å²) in [6.45, 7) is 6.43. The fourth-order valence-electron chi connectivity index (χ4n) is 1.20. The molecule has 0 saturated heterocycles. The Balaban J connectivity index is 3.63. The van der Waals surface area contributed by atoms with Crippen LogP contribution in [-0.2, 0) is 4.79 Å². The summed E-state index contributed by atoms with van der Waals surface area (Å²) in [4.78, 5) is 10.2. The van der Waals surface area contributed by atoms with Crippen LogP contribution in [0.25, 0.3) is 0 Å². The molecule has 0 aliphatic heterocycles. The Morgan fingerprint density at radius 2 is 2.08 bits per heavy atom. The van der Waals surface area contributed by atoms with Crippen LogP contribution in [0.4, 0.5) is 0 Å². The summed E-state index contributed by atoms with van der Waals surface area (Å²) in [6.07, 6.45) is 7.62. The molecule has 12 heavy (non-hydrogen) atoms. The van der Waals surface area contributed by atoms with E-state index in [-0.39, 0.29) is 0 Å². The Hall–Kier alpha value is -0.590. The van der Waals surface area contributed by atoms with Crippen LogP contribution in [0.1, 0.15) is 46.5 Å². The van der Waals surface area contributed by atoms with Crippen molar-refractivity contribution in [3.8, 4) is 0 Å². The van der Waals surface area contributed by atoms with E-state index in [9.17, 15) is 4.79 Å². The monoisotopic (exact) mass is 168 g/mol. The second kappa shape index (κ2) is 7.08. The second-order valence-electron chi connectivity index (χ2n) is 3.44. The van der Waals surface area contributed by atoms with Crippen molar-refractivity contribution < 1.29 is 4.79 Å². The van der Waals surface area contributed by atoms with Gasteiger partial charge in [0.2, 0.25) is 0 Å². The van der Waals surface area contributed by atoms with Gasteiger partial charge in [-0.05, 0) is 25.3 Å². The third-order valence-corrected chi connectivity index (χ3v) is 2.35. The van der Waals surface area contributed by atoms with E-state index in [2.05, 4.69) is 13.8 Å². The van der Waals surface area contributed by atoms with Crippen LogP contribution in [0.15, 0.2) is 11.6 Å².